The van der Waals surface area contributed by atoms with E-state index in [4.69, 9.17) is 28.6 Å². The van der Waals surface area contributed by atoms with Crippen molar-refractivity contribution < 1.29 is 14.7 Å². The van der Waals surface area contributed by atoms with Crippen LogP contribution in [0.15, 0.2) is 18.2 Å². The van der Waals surface area contributed by atoms with E-state index in [1.54, 1.807) is 25.3 Å². The summed E-state index contributed by atoms with van der Waals surface area (Å²) >= 11 is 11.4. The van der Waals surface area contributed by atoms with Crippen molar-refractivity contribution in [2.45, 2.75) is 25.6 Å². The molecule has 0 amide bonds. The van der Waals surface area contributed by atoms with Gasteiger partial charge in [0.25, 0.3) is 0 Å². The van der Waals surface area contributed by atoms with Gasteiger partial charge >= 0.3 is 0 Å². The molecule has 3 rings (SSSR count). The normalized spacial score (nSPS) is 21.3. The molecule has 0 bridgehead atoms. The van der Waals surface area contributed by atoms with Crippen LogP contribution >= 0.6 is 23.8 Å². The van der Waals surface area contributed by atoms with Crippen molar-refractivity contribution in [3.05, 3.63) is 28.0 Å². The first-order chi connectivity index (χ1) is 11.1. The predicted octanol–water partition coefficient (Wildman–Crippen LogP) is 1.27. The third-order valence-corrected chi connectivity index (χ3v) is 4.62. The van der Waals surface area contributed by atoms with Crippen molar-refractivity contribution in [1.29, 1.82) is 0 Å². The number of nitrogens with one attached hydrogen (secondary N) is 2. The molecule has 3 N–H and O–H groups in total. The Bertz CT molecular complexity index is 745. The molecule has 124 valence electrons. The van der Waals surface area contributed by atoms with Crippen LogP contribution in [0.3, 0.4) is 0 Å². The summed E-state index contributed by atoms with van der Waals surface area (Å²) in [6.07, 6.45) is 1.67. The highest BCUT2D eigenvalue weighted by molar-refractivity contribution is 7.71. The second-order valence-electron chi connectivity index (χ2n) is 5.79. The summed E-state index contributed by atoms with van der Waals surface area (Å²) in [5, 5.41) is 13.6. The van der Waals surface area contributed by atoms with Gasteiger partial charge in [-0.2, -0.15) is 4.98 Å². The molecule has 1 aromatic heterocycles. The maximum atomic E-state index is 9.80. The summed E-state index contributed by atoms with van der Waals surface area (Å²) < 4.78 is 7.68. The van der Waals surface area contributed by atoms with Crippen LogP contribution < -0.4 is 9.64 Å². The van der Waals surface area contributed by atoms with E-state index in [2.05, 4.69) is 10.1 Å². The number of rotatable bonds is 4. The first-order valence-corrected chi connectivity index (χ1v) is 8.38. The summed E-state index contributed by atoms with van der Waals surface area (Å²) in [7, 11) is 1.61. The molecule has 2 heterocycles. The molecule has 1 unspecified atom stereocenters. The molecule has 6 nitrogen and oxygen atoms in total. The van der Waals surface area contributed by atoms with Gasteiger partial charge in [-0.25, -0.2) is 4.68 Å². The smallest absolute Gasteiger partial charge is 0.221 e. The minimum atomic E-state index is -0.233. The fraction of sp³-hybridized carbons (Fsp3) is 0.467. The Morgan fingerprint density at radius 2 is 2.39 bits per heavy atom. The van der Waals surface area contributed by atoms with Crippen LogP contribution in [0.25, 0.3) is 11.4 Å². The van der Waals surface area contributed by atoms with Crippen LogP contribution in [0, 0.1) is 4.77 Å². The average molecular weight is 356 g/mol. The Kier molecular flexibility index (Phi) is 5.01. The molecule has 8 heteroatoms. The Morgan fingerprint density at radius 1 is 1.57 bits per heavy atom. The molecule has 1 aliphatic heterocycles. The van der Waals surface area contributed by atoms with Gasteiger partial charge in [-0.05, 0) is 43.3 Å². The van der Waals surface area contributed by atoms with Gasteiger partial charge in [0.2, 0.25) is 4.77 Å². The second-order valence-corrected chi connectivity index (χ2v) is 6.59. The number of hydrogen-bond donors (Lipinski definition) is 3. The van der Waals surface area contributed by atoms with Gasteiger partial charge in [-0.3, -0.25) is 5.10 Å². The zero-order valence-corrected chi connectivity index (χ0v) is 14.5. The van der Waals surface area contributed by atoms with Crippen LogP contribution in [0.2, 0.25) is 5.02 Å². The number of methoxy groups -OCH3 is 1. The van der Waals surface area contributed by atoms with Crippen LogP contribution in [0.1, 0.15) is 12.8 Å². The molecule has 0 radical (unpaired) electrons. The fourth-order valence-corrected chi connectivity index (χ4v) is 3.32. The molecule has 1 fully saturated rings. The number of aromatic nitrogens is 3. The lowest BCUT2D eigenvalue weighted by Crippen LogP contribution is -3.13. The summed E-state index contributed by atoms with van der Waals surface area (Å²) in [5.41, 5.74) is 0.776. The van der Waals surface area contributed by atoms with E-state index in [0.29, 0.717) is 28.0 Å². The van der Waals surface area contributed by atoms with Crippen molar-refractivity contribution in [2.75, 3.05) is 20.2 Å². The van der Waals surface area contributed by atoms with Crippen LogP contribution in [-0.4, -0.2) is 46.2 Å². The van der Waals surface area contributed by atoms with Gasteiger partial charge in [-0.15, -0.1) is 0 Å². The van der Waals surface area contributed by atoms with E-state index in [1.807, 2.05) is 4.68 Å². The van der Waals surface area contributed by atoms with Crippen molar-refractivity contribution in [1.82, 2.24) is 14.8 Å². The summed E-state index contributed by atoms with van der Waals surface area (Å²) in [5.74, 6) is 1.32. The molecular formula is C15H20ClN4O2S+. The Hall–Kier alpha value is -1.41. The van der Waals surface area contributed by atoms with Crippen molar-refractivity contribution >= 4 is 23.8 Å². The average Bonchev–Trinajstić information content (AvgIpc) is 2.88. The standard InChI is InChI=1S/C15H19ClN4O2S/c1-22-13-5-4-10(16)7-12(13)14-17-15(23)20(18-14)9-19-6-2-3-11(21)8-19/h4-5,7,11,21H,2-3,6,8-9H2,1H3,(H,17,18,23)/p+1/t11-/m1/s1. The van der Waals surface area contributed by atoms with E-state index >= 15 is 0 Å². The molecule has 0 spiro atoms. The first kappa shape index (κ1) is 16.4. The van der Waals surface area contributed by atoms with E-state index in [0.717, 1.165) is 31.5 Å². The number of quaternary nitrogens is 1. The monoisotopic (exact) mass is 355 g/mol. The van der Waals surface area contributed by atoms with Gasteiger partial charge in [-0.1, -0.05) is 11.6 Å². The number of hydrogen-bond acceptors (Lipinski definition) is 4. The van der Waals surface area contributed by atoms with Gasteiger partial charge < -0.3 is 14.7 Å². The number of aromatic amines is 1. The molecule has 0 saturated carbocycles. The molecular weight excluding hydrogens is 336 g/mol. The molecule has 1 aromatic carbocycles. The molecule has 2 atom stereocenters. The molecule has 0 aliphatic carbocycles. The van der Waals surface area contributed by atoms with Crippen LogP contribution in [0.5, 0.6) is 5.75 Å². The number of aliphatic hydroxyl groups is 1. The maximum Gasteiger partial charge on any atom is 0.221 e. The van der Waals surface area contributed by atoms with Gasteiger partial charge in [0.15, 0.2) is 12.5 Å². The van der Waals surface area contributed by atoms with Crippen LogP contribution in [0.4, 0.5) is 0 Å². The number of halogens is 1. The minimum Gasteiger partial charge on any atom is -0.496 e. The predicted molar refractivity (Wildman–Crippen MR) is 90.3 cm³/mol. The van der Waals surface area contributed by atoms with Gasteiger partial charge in [0.05, 0.1) is 19.2 Å². The Morgan fingerprint density at radius 3 is 3.13 bits per heavy atom. The number of ether oxygens (including phenoxy) is 1. The molecule has 2 aromatic rings. The van der Waals surface area contributed by atoms with E-state index < -0.39 is 0 Å². The fourth-order valence-electron chi connectivity index (χ4n) is 2.94. The lowest BCUT2D eigenvalue weighted by atomic mass is 10.1. The van der Waals surface area contributed by atoms with Crippen molar-refractivity contribution in [3.8, 4) is 17.1 Å². The van der Waals surface area contributed by atoms with Crippen LogP contribution in [-0.2, 0) is 6.67 Å². The minimum absolute atomic E-state index is 0.233. The highest BCUT2D eigenvalue weighted by atomic mass is 35.5. The Balaban J connectivity index is 1.86. The van der Waals surface area contributed by atoms with E-state index in [-0.39, 0.29) is 6.10 Å². The van der Waals surface area contributed by atoms with E-state index in [1.165, 1.54) is 4.90 Å². The Labute approximate surface area is 144 Å². The summed E-state index contributed by atoms with van der Waals surface area (Å²) in [4.78, 5) is 5.71. The lowest BCUT2D eigenvalue weighted by Gasteiger charge is -2.26. The number of likely N-dealkylation sites (tertiary alicyclic amines) is 1. The number of aliphatic hydroxyl groups excluding tert-OH is 1. The number of piperidine rings is 1. The number of H-pyrrole nitrogens is 1. The molecule has 1 saturated heterocycles. The highest BCUT2D eigenvalue weighted by Gasteiger charge is 2.22. The zero-order valence-electron chi connectivity index (χ0n) is 12.9. The topological polar surface area (TPSA) is 67.5 Å². The third kappa shape index (κ3) is 3.74. The molecule has 23 heavy (non-hydrogen) atoms. The highest BCUT2D eigenvalue weighted by Crippen LogP contribution is 2.30. The quantitative estimate of drug-likeness (QED) is 0.722. The molecule has 1 aliphatic rings. The zero-order chi connectivity index (χ0) is 16.4. The lowest BCUT2D eigenvalue weighted by molar-refractivity contribution is -0.931. The van der Waals surface area contributed by atoms with E-state index in [9.17, 15) is 5.11 Å². The summed E-state index contributed by atoms with van der Waals surface area (Å²) in [6.45, 7) is 2.41. The van der Waals surface area contributed by atoms with Gasteiger partial charge in [0.1, 0.15) is 18.4 Å². The van der Waals surface area contributed by atoms with Crippen molar-refractivity contribution in [2.24, 2.45) is 0 Å². The largest absolute Gasteiger partial charge is 0.496 e. The SMILES string of the molecule is COc1ccc(Cl)cc1-c1nc(=S)n(C[NH+]2CCC[C@@H](O)C2)[nH]1. The maximum absolute atomic E-state index is 9.80. The third-order valence-electron chi connectivity index (χ3n) is 4.07. The van der Waals surface area contributed by atoms with Crippen molar-refractivity contribution in [3.63, 3.8) is 0 Å². The second kappa shape index (κ2) is 7.00. The first-order valence-electron chi connectivity index (χ1n) is 7.59. The number of benzene rings is 1. The summed E-state index contributed by atoms with van der Waals surface area (Å²) in [6, 6.07) is 5.38. The number of nitrogens with zero attached hydrogens (tertiary/aromatic N) is 2. The van der Waals surface area contributed by atoms with Gasteiger partial charge in [0, 0.05) is 5.02 Å².